The monoisotopic (exact) mass is 219 g/mol. The van der Waals surface area contributed by atoms with E-state index in [-0.39, 0.29) is 12.0 Å². The molecule has 2 rings (SSSR count). The largest absolute Gasteiger partial charge is 0.468 e. The first kappa shape index (κ1) is 11.1. The second kappa shape index (κ2) is 4.66. The zero-order valence-corrected chi connectivity index (χ0v) is 9.77. The van der Waals surface area contributed by atoms with Crippen LogP contribution in [-0.4, -0.2) is 24.0 Å². The standard InChI is InChI=1S/C13H17NO2/c1-3-12(13(15)16-2)14-8-10-6-4-5-7-11(10)9-14/h4-7,12H,3,8-9H2,1-2H3. The molecular weight excluding hydrogens is 202 g/mol. The molecule has 0 bridgehead atoms. The highest BCUT2D eigenvalue weighted by molar-refractivity contribution is 5.75. The summed E-state index contributed by atoms with van der Waals surface area (Å²) in [6.45, 7) is 3.72. The average Bonchev–Trinajstić information content (AvgIpc) is 2.72. The molecule has 16 heavy (non-hydrogen) atoms. The van der Waals surface area contributed by atoms with Crippen LogP contribution in [0.1, 0.15) is 24.5 Å². The lowest BCUT2D eigenvalue weighted by Gasteiger charge is -2.23. The summed E-state index contributed by atoms with van der Waals surface area (Å²) in [5, 5.41) is 0. The van der Waals surface area contributed by atoms with E-state index < -0.39 is 0 Å². The summed E-state index contributed by atoms with van der Waals surface area (Å²) in [6, 6.07) is 8.22. The number of ether oxygens (including phenoxy) is 1. The van der Waals surface area contributed by atoms with Crippen LogP contribution in [0, 0.1) is 0 Å². The Hall–Kier alpha value is -1.35. The Labute approximate surface area is 96.0 Å². The number of hydrogen-bond donors (Lipinski definition) is 0. The van der Waals surface area contributed by atoms with Crippen molar-refractivity contribution in [2.45, 2.75) is 32.5 Å². The molecule has 0 saturated heterocycles. The van der Waals surface area contributed by atoms with Gasteiger partial charge in [0.2, 0.25) is 0 Å². The normalized spacial score (nSPS) is 16.9. The number of benzene rings is 1. The number of carbonyl (C=O) groups is 1. The van der Waals surface area contributed by atoms with Crippen molar-refractivity contribution in [1.29, 1.82) is 0 Å². The number of hydrogen-bond acceptors (Lipinski definition) is 3. The molecular formula is C13H17NO2. The number of nitrogens with zero attached hydrogens (tertiary/aromatic N) is 1. The minimum Gasteiger partial charge on any atom is -0.468 e. The topological polar surface area (TPSA) is 29.5 Å². The highest BCUT2D eigenvalue weighted by Gasteiger charge is 2.29. The summed E-state index contributed by atoms with van der Waals surface area (Å²) < 4.78 is 4.83. The Morgan fingerprint density at radius 1 is 1.38 bits per heavy atom. The highest BCUT2D eigenvalue weighted by atomic mass is 16.5. The lowest BCUT2D eigenvalue weighted by molar-refractivity contribution is -0.147. The van der Waals surface area contributed by atoms with Gasteiger partial charge in [0.15, 0.2) is 0 Å². The van der Waals surface area contributed by atoms with Gasteiger partial charge in [0.1, 0.15) is 6.04 Å². The summed E-state index contributed by atoms with van der Waals surface area (Å²) in [5.74, 6) is -0.129. The number of methoxy groups -OCH3 is 1. The molecule has 1 aliphatic heterocycles. The van der Waals surface area contributed by atoms with Crippen molar-refractivity contribution < 1.29 is 9.53 Å². The van der Waals surface area contributed by atoms with Gasteiger partial charge in [-0.15, -0.1) is 0 Å². The van der Waals surface area contributed by atoms with E-state index in [1.165, 1.54) is 18.2 Å². The maximum absolute atomic E-state index is 11.6. The molecule has 3 nitrogen and oxygen atoms in total. The van der Waals surface area contributed by atoms with Crippen LogP contribution in [0.2, 0.25) is 0 Å². The van der Waals surface area contributed by atoms with Crippen molar-refractivity contribution in [3.8, 4) is 0 Å². The van der Waals surface area contributed by atoms with Gasteiger partial charge in [0.25, 0.3) is 0 Å². The van der Waals surface area contributed by atoms with Crippen LogP contribution >= 0.6 is 0 Å². The number of fused-ring (bicyclic) bond motifs is 1. The molecule has 0 saturated carbocycles. The minimum absolute atomic E-state index is 0.114. The molecule has 1 aromatic carbocycles. The van der Waals surface area contributed by atoms with Crippen LogP contribution in [0.4, 0.5) is 0 Å². The van der Waals surface area contributed by atoms with Crippen molar-refractivity contribution in [2.75, 3.05) is 7.11 Å². The van der Waals surface area contributed by atoms with Gasteiger partial charge < -0.3 is 4.74 Å². The zero-order valence-electron chi connectivity index (χ0n) is 9.77. The first-order valence-corrected chi connectivity index (χ1v) is 5.65. The van der Waals surface area contributed by atoms with Crippen LogP contribution in [-0.2, 0) is 22.6 Å². The molecule has 1 unspecified atom stereocenters. The van der Waals surface area contributed by atoms with Crippen LogP contribution < -0.4 is 0 Å². The maximum Gasteiger partial charge on any atom is 0.323 e. The van der Waals surface area contributed by atoms with Gasteiger partial charge in [-0.3, -0.25) is 9.69 Å². The van der Waals surface area contributed by atoms with E-state index >= 15 is 0 Å². The van der Waals surface area contributed by atoms with E-state index in [1.807, 2.05) is 19.1 Å². The van der Waals surface area contributed by atoms with Gasteiger partial charge in [-0.05, 0) is 17.5 Å². The van der Waals surface area contributed by atoms with E-state index in [0.717, 1.165) is 19.5 Å². The number of carbonyl (C=O) groups excluding carboxylic acids is 1. The maximum atomic E-state index is 11.6. The predicted molar refractivity (Wildman–Crippen MR) is 61.8 cm³/mol. The summed E-state index contributed by atoms with van der Waals surface area (Å²) in [6.07, 6.45) is 0.792. The molecule has 0 radical (unpaired) electrons. The van der Waals surface area contributed by atoms with Crippen molar-refractivity contribution in [2.24, 2.45) is 0 Å². The molecule has 1 aromatic rings. The van der Waals surface area contributed by atoms with E-state index in [1.54, 1.807) is 0 Å². The third-order valence-electron chi connectivity index (χ3n) is 3.17. The fourth-order valence-corrected chi connectivity index (χ4v) is 2.29. The molecule has 0 fully saturated rings. The number of rotatable bonds is 3. The average molecular weight is 219 g/mol. The highest BCUT2D eigenvalue weighted by Crippen LogP contribution is 2.25. The third-order valence-corrected chi connectivity index (χ3v) is 3.17. The summed E-state index contributed by atoms with van der Waals surface area (Å²) in [4.78, 5) is 13.8. The Bertz CT molecular complexity index is 364. The van der Waals surface area contributed by atoms with E-state index in [0.29, 0.717) is 0 Å². The summed E-state index contributed by atoms with van der Waals surface area (Å²) >= 11 is 0. The first-order valence-electron chi connectivity index (χ1n) is 5.65. The lowest BCUT2D eigenvalue weighted by Crippen LogP contribution is -2.37. The molecule has 3 heteroatoms. The quantitative estimate of drug-likeness (QED) is 0.728. The molecule has 0 spiro atoms. The SMILES string of the molecule is CCC(C(=O)OC)N1Cc2ccccc2C1. The summed E-state index contributed by atoms with van der Waals surface area (Å²) in [5.41, 5.74) is 2.65. The van der Waals surface area contributed by atoms with Gasteiger partial charge in [-0.25, -0.2) is 0 Å². The molecule has 1 atom stereocenters. The Morgan fingerprint density at radius 2 is 1.94 bits per heavy atom. The Morgan fingerprint density at radius 3 is 2.38 bits per heavy atom. The second-order valence-electron chi connectivity index (χ2n) is 4.12. The fourth-order valence-electron chi connectivity index (χ4n) is 2.29. The van der Waals surface area contributed by atoms with Gasteiger partial charge in [-0.2, -0.15) is 0 Å². The zero-order chi connectivity index (χ0) is 11.5. The van der Waals surface area contributed by atoms with Gasteiger partial charge >= 0.3 is 5.97 Å². The van der Waals surface area contributed by atoms with Gasteiger partial charge in [-0.1, -0.05) is 31.2 Å². The van der Waals surface area contributed by atoms with E-state index in [2.05, 4.69) is 17.0 Å². The molecule has 0 N–H and O–H groups in total. The Balaban J connectivity index is 2.12. The smallest absolute Gasteiger partial charge is 0.323 e. The fraction of sp³-hybridized carbons (Fsp3) is 0.462. The molecule has 0 aliphatic carbocycles. The van der Waals surface area contributed by atoms with Crippen molar-refractivity contribution >= 4 is 5.97 Å². The van der Waals surface area contributed by atoms with Crippen molar-refractivity contribution in [1.82, 2.24) is 4.90 Å². The second-order valence-corrected chi connectivity index (χ2v) is 4.12. The molecule has 1 aliphatic rings. The van der Waals surface area contributed by atoms with Crippen LogP contribution in [0.3, 0.4) is 0 Å². The minimum atomic E-state index is -0.129. The van der Waals surface area contributed by atoms with Crippen molar-refractivity contribution in [3.63, 3.8) is 0 Å². The van der Waals surface area contributed by atoms with Crippen LogP contribution in [0.5, 0.6) is 0 Å². The van der Waals surface area contributed by atoms with Crippen molar-refractivity contribution in [3.05, 3.63) is 35.4 Å². The molecule has 1 heterocycles. The molecule has 0 amide bonds. The lowest BCUT2D eigenvalue weighted by atomic mass is 10.1. The van der Waals surface area contributed by atoms with Crippen LogP contribution in [0.25, 0.3) is 0 Å². The Kier molecular flexibility index (Phi) is 3.25. The van der Waals surface area contributed by atoms with E-state index in [4.69, 9.17) is 4.74 Å². The van der Waals surface area contributed by atoms with Gasteiger partial charge in [0.05, 0.1) is 7.11 Å². The number of esters is 1. The molecule has 0 aromatic heterocycles. The van der Waals surface area contributed by atoms with Crippen LogP contribution in [0.15, 0.2) is 24.3 Å². The van der Waals surface area contributed by atoms with E-state index in [9.17, 15) is 4.79 Å². The predicted octanol–water partition coefficient (Wildman–Crippen LogP) is 1.95. The third kappa shape index (κ3) is 1.95. The van der Waals surface area contributed by atoms with Gasteiger partial charge in [0, 0.05) is 13.1 Å². The summed E-state index contributed by atoms with van der Waals surface area (Å²) in [7, 11) is 1.45. The first-order chi connectivity index (χ1) is 7.76. The molecule has 86 valence electrons.